The van der Waals surface area contributed by atoms with Crippen LogP contribution in [0.5, 0.6) is 0 Å². The molecule has 1 aromatic heterocycles. The topological polar surface area (TPSA) is 67.4 Å². The normalized spacial score (nSPS) is 19.7. The largest absolute Gasteiger partial charge is 0.444 e. The van der Waals surface area contributed by atoms with Gasteiger partial charge in [0, 0.05) is 24.5 Å². The molecule has 2 aromatic rings. The maximum absolute atomic E-state index is 12.8. The lowest BCUT2D eigenvalue weighted by atomic mass is 10.1. The van der Waals surface area contributed by atoms with Gasteiger partial charge in [0.2, 0.25) is 0 Å². The van der Waals surface area contributed by atoms with Gasteiger partial charge in [0.05, 0.1) is 11.9 Å². The molecule has 0 unspecified atom stereocenters. The molecule has 1 heterocycles. The number of nitrogens with zero attached hydrogens (tertiary/aromatic N) is 3. The number of rotatable bonds is 4. The minimum absolute atomic E-state index is 0.0267. The van der Waals surface area contributed by atoms with Crippen LogP contribution in [0.4, 0.5) is 23.8 Å². The van der Waals surface area contributed by atoms with Crippen molar-refractivity contribution >= 4 is 22.8 Å². The van der Waals surface area contributed by atoms with Crippen molar-refractivity contribution in [2.75, 3.05) is 11.9 Å². The number of halogens is 3. The van der Waals surface area contributed by atoms with Crippen LogP contribution in [0.3, 0.4) is 0 Å². The van der Waals surface area contributed by atoms with E-state index in [0.717, 1.165) is 12.8 Å². The van der Waals surface area contributed by atoms with Gasteiger partial charge in [-0.15, -0.1) is 0 Å². The monoisotopic (exact) mass is 424 g/mol. The fraction of sp³-hybridized carbons (Fsp3) is 0.571. The first-order valence-electron chi connectivity index (χ1n) is 9.94. The average molecular weight is 424 g/mol. The minimum Gasteiger partial charge on any atom is -0.444 e. The molecule has 6 nitrogen and oxygen atoms in total. The molecule has 2 atom stereocenters. The van der Waals surface area contributed by atoms with E-state index < -0.39 is 24.3 Å². The molecule has 1 N–H and O–H groups in total. The van der Waals surface area contributed by atoms with Crippen LogP contribution in [0.1, 0.15) is 45.6 Å². The Balaban J connectivity index is 1.74. The number of fused-ring (bicyclic) bond motifs is 1. The third kappa shape index (κ3) is 5.73. The number of carbonyl (C=O) groups excluding carboxylic acids is 1. The lowest BCUT2D eigenvalue weighted by molar-refractivity contribution is -0.127. The molecule has 1 aliphatic carbocycles. The SMILES string of the molecule is CN(c1ncnc2ccc(CC(F)(F)F)cc12)[C@@H]1CC[C@H](NC(=O)OC(C)(C)C)C1. The Bertz CT molecular complexity index is 911. The van der Waals surface area contributed by atoms with Gasteiger partial charge in [-0.25, -0.2) is 14.8 Å². The van der Waals surface area contributed by atoms with E-state index in [0.29, 0.717) is 23.1 Å². The van der Waals surface area contributed by atoms with Crippen LogP contribution in [0.15, 0.2) is 24.5 Å². The number of hydrogen-bond donors (Lipinski definition) is 1. The summed E-state index contributed by atoms with van der Waals surface area (Å²) in [5, 5.41) is 3.49. The Morgan fingerprint density at radius 2 is 1.97 bits per heavy atom. The summed E-state index contributed by atoms with van der Waals surface area (Å²) in [5.74, 6) is 0.590. The molecule has 1 amide bonds. The van der Waals surface area contributed by atoms with Crippen molar-refractivity contribution in [3.63, 3.8) is 0 Å². The molecule has 1 aliphatic rings. The number of benzene rings is 1. The first-order chi connectivity index (χ1) is 13.9. The molecule has 0 saturated heterocycles. The second-order valence-corrected chi connectivity index (χ2v) is 8.76. The lowest BCUT2D eigenvalue weighted by Gasteiger charge is -2.27. The van der Waals surface area contributed by atoms with Crippen molar-refractivity contribution in [1.82, 2.24) is 15.3 Å². The zero-order valence-corrected chi connectivity index (χ0v) is 17.6. The molecule has 9 heteroatoms. The number of carbonyl (C=O) groups is 1. The van der Waals surface area contributed by atoms with Crippen LogP contribution in [-0.2, 0) is 11.2 Å². The van der Waals surface area contributed by atoms with Crippen LogP contribution in [0, 0.1) is 0 Å². The first-order valence-corrected chi connectivity index (χ1v) is 9.94. The second kappa shape index (κ2) is 8.28. The van der Waals surface area contributed by atoms with Gasteiger partial charge in [0.1, 0.15) is 17.7 Å². The van der Waals surface area contributed by atoms with Crippen LogP contribution in [0.2, 0.25) is 0 Å². The van der Waals surface area contributed by atoms with Gasteiger partial charge >= 0.3 is 12.3 Å². The number of alkyl halides is 3. The number of hydrogen-bond acceptors (Lipinski definition) is 5. The average Bonchev–Trinajstić information content (AvgIpc) is 3.05. The summed E-state index contributed by atoms with van der Waals surface area (Å²) in [7, 11) is 1.87. The molecule has 1 aromatic carbocycles. The van der Waals surface area contributed by atoms with Crippen LogP contribution in [-0.4, -0.2) is 47.0 Å². The standard InChI is InChI=1S/C21H27F3N4O2/c1-20(2,3)30-19(29)27-14-6-7-15(10-14)28(4)18-16-9-13(11-21(22,23)24)5-8-17(16)25-12-26-18/h5,8-9,12,14-15H,6-7,10-11H2,1-4H3,(H,27,29)/t14-,15+/m0/s1. The van der Waals surface area contributed by atoms with Crippen molar-refractivity contribution in [1.29, 1.82) is 0 Å². The fourth-order valence-corrected chi connectivity index (χ4v) is 3.80. The fourth-order valence-electron chi connectivity index (χ4n) is 3.80. The zero-order chi connectivity index (χ0) is 22.1. The van der Waals surface area contributed by atoms with Gasteiger partial charge in [0.25, 0.3) is 0 Å². The highest BCUT2D eigenvalue weighted by Gasteiger charge is 2.32. The molecule has 0 radical (unpaired) electrons. The van der Waals surface area contributed by atoms with Crippen molar-refractivity contribution < 1.29 is 22.7 Å². The molecular weight excluding hydrogens is 397 g/mol. The molecule has 3 rings (SSSR count). The van der Waals surface area contributed by atoms with Gasteiger partial charge in [-0.05, 0) is 57.7 Å². The lowest BCUT2D eigenvalue weighted by Crippen LogP contribution is -2.39. The van der Waals surface area contributed by atoms with E-state index in [1.807, 2.05) is 32.7 Å². The summed E-state index contributed by atoms with van der Waals surface area (Å²) in [6.45, 7) is 5.43. The molecular formula is C21H27F3N4O2. The van der Waals surface area contributed by atoms with E-state index in [4.69, 9.17) is 4.74 Å². The Hall–Kier alpha value is -2.58. The van der Waals surface area contributed by atoms with Crippen molar-refractivity contribution in [3.8, 4) is 0 Å². The number of amides is 1. The summed E-state index contributed by atoms with van der Waals surface area (Å²) in [5.41, 5.74) is 0.210. The molecule has 0 aliphatic heterocycles. The van der Waals surface area contributed by atoms with Gasteiger partial charge in [-0.3, -0.25) is 0 Å². The quantitative estimate of drug-likeness (QED) is 0.776. The second-order valence-electron chi connectivity index (χ2n) is 8.76. The summed E-state index contributed by atoms with van der Waals surface area (Å²) >= 11 is 0. The molecule has 1 saturated carbocycles. The molecule has 164 valence electrons. The predicted octanol–water partition coefficient (Wildman–Crippen LogP) is 4.62. The summed E-state index contributed by atoms with van der Waals surface area (Å²) in [4.78, 5) is 22.5. The van der Waals surface area contributed by atoms with E-state index in [2.05, 4.69) is 15.3 Å². The van der Waals surface area contributed by atoms with Crippen molar-refractivity contribution in [2.24, 2.45) is 0 Å². The van der Waals surface area contributed by atoms with Gasteiger partial charge in [-0.1, -0.05) is 6.07 Å². The number of anilines is 1. The van der Waals surface area contributed by atoms with Crippen molar-refractivity contribution in [3.05, 3.63) is 30.1 Å². The molecule has 30 heavy (non-hydrogen) atoms. The highest BCUT2D eigenvalue weighted by Crippen LogP contribution is 2.32. The van der Waals surface area contributed by atoms with Crippen LogP contribution in [0.25, 0.3) is 10.9 Å². The maximum Gasteiger partial charge on any atom is 0.407 e. The minimum atomic E-state index is -4.28. The van der Waals surface area contributed by atoms with Crippen LogP contribution < -0.4 is 10.2 Å². The maximum atomic E-state index is 12.8. The van der Waals surface area contributed by atoms with E-state index in [1.165, 1.54) is 18.5 Å². The van der Waals surface area contributed by atoms with Crippen LogP contribution >= 0.6 is 0 Å². The number of ether oxygens (including phenoxy) is 1. The van der Waals surface area contributed by atoms with Gasteiger partial charge < -0.3 is 15.0 Å². The van der Waals surface area contributed by atoms with Gasteiger partial charge in [-0.2, -0.15) is 13.2 Å². The number of aromatic nitrogens is 2. The Morgan fingerprint density at radius 1 is 1.23 bits per heavy atom. The smallest absolute Gasteiger partial charge is 0.407 e. The zero-order valence-electron chi connectivity index (χ0n) is 17.6. The van der Waals surface area contributed by atoms with E-state index in [1.54, 1.807) is 6.07 Å². The highest BCUT2D eigenvalue weighted by molar-refractivity contribution is 5.90. The third-order valence-corrected chi connectivity index (χ3v) is 5.09. The Morgan fingerprint density at radius 3 is 2.63 bits per heavy atom. The predicted molar refractivity (Wildman–Crippen MR) is 108 cm³/mol. The highest BCUT2D eigenvalue weighted by atomic mass is 19.4. The first kappa shape index (κ1) is 22.1. The van der Waals surface area contributed by atoms with E-state index in [-0.39, 0.29) is 17.6 Å². The van der Waals surface area contributed by atoms with Gasteiger partial charge in [0.15, 0.2) is 0 Å². The third-order valence-electron chi connectivity index (χ3n) is 5.09. The summed E-state index contributed by atoms with van der Waals surface area (Å²) in [6, 6.07) is 4.62. The van der Waals surface area contributed by atoms with E-state index >= 15 is 0 Å². The number of alkyl carbamates (subject to hydrolysis) is 1. The number of nitrogens with one attached hydrogen (secondary N) is 1. The molecule has 1 fully saturated rings. The summed E-state index contributed by atoms with van der Waals surface area (Å²) in [6.07, 6.45) is -1.98. The Labute approximate surface area is 173 Å². The van der Waals surface area contributed by atoms with E-state index in [9.17, 15) is 18.0 Å². The van der Waals surface area contributed by atoms with Crippen molar-refractivity contribution in [2.45, 2.75) is 70.3 Å². The Kier molecular flexibility index (Phi) is 6.10. The summed E-state index contributed by atoms with van der Waals surface area (Å²) < 4.78 is 43.7. The molecule has 0 spiro atoms. The molecule has 0 bridgehead atoms.